The Morgan fingerprint density at radius 2 is 1.58 bits per heavy atom. The number of rotatable bonds is 6. The zero-order chi connectivity index (χ0) is 25.9. The highest BCUT2D eigenvalue weighted by Gasteiger charge is 2.29. The van der Waals surface area contributed by atoms with Crippen LogP contribution in [0.5, 0.6) is 11.5 Å². The molecule has 4 rings (SSSR count). The number of aliphatic imine (C=N–C) groups is 1. The van der Waals surface area contributed by atoms with Crippen molar-refractivity contribution >= 4 is 17.7 Å². The van der Waals surface area contributed by atoms with E-state index in [1.54, 1.807) is 4.68 Å². The Balaban J connectivity index is 1.51. The minimum Gasteiger partial charge on any atom is -0.460 e. The van der Waals surface area contributed by atoms with Crippen molar-refractivity contribution in [2.24, 2.45) is 16.5 Å². The molecule has 2 aromatic carbocycles. The molecule has 36 heavy (non-hydrogen) atoms. The van der Waals surface area contributed by atoms with Crippen molar-refractivity contribution in [1.82, 2.24) is 9.78 Å². The summed E-state index contributed by atoms with van der Waals surface area (Å²) >= 11 is 0. The molecule has 1 aliphatic carbocycles. The number of aromatic nitrogens is 2. The molecular formula is C27H34N6O3. The molecule has 190 valence electrons. The van der Waals surface area contributed by atoms with Crippen LogP contribution in [-0.2, 0) is 4.74 Å². The molecule has 9 heteroatoms. The summed E-state index contributed by atoms with van der Waals surface area (Å²) in [5.41, 5.74) is 19.1. The standard InChI is InChI=1S/C27H34N6O3/c1-27(2,3)36-26(30)31-18-11-13-19(14-12-18)33-24(28)22(25(29)34)23(32-33)17-9-15-21(16-10-17)35-20-7-5-4-6-8-20/h4-10,15-16,18-19H,11-14,28H2,1-3H3,(H2,29,34)(H2,30,31). The highest BCUT2D eigenvalue weighted by atomic mass is 16.5. The average molecular weight is 491 g/mol. The topological polar surface area (TPSA) is 144 Å². The summed E-state index contributed by atoms with van der Waals surface area (Å²) in [4.78, 5) is 16.9. The summed E-state index contributed by atoms with van der Waals surface area (Å²) in [5.74, 6) is 1.09. The quantitative estimate of drug-likeness (QED) is 0.339. The van der Waals surface area contributed by atoms with Gasteiger partial charge in [-0.05, 0) is 82.9 Å². The number of amides is 1. The van der Waals surface area contributed by atoms with Gasteiger partial charge in [0.05, 0.1) is 12.1 Å². The first-order chi connectivity index (χ1) is 17.1. The van der Waals surface area contributed by atoms with Gasteiger partial charge in [-0.25, -0.2) is 9.67 Å². The lowest BCUT2D eigenvalue weighted by atomic mass is 9.91. The van der Waals surface area contributed by atoms with Crippen LogP contribution in [0.25, 0.3) is 11.3 Å². The van der Waals surface area contributed by atoms with Crippen LogP contribution in [-0.4, -0.2) is 33.4 Å². The number of hydrogen-bond donors (Lipinski definition) is 3. The van der Waals surface area contributed by atoms with Gasteiger partial charge in [0, 0.05) is 5.56 Å². The zero-order valence-corrected chi connectivity index (χ0v) is 21.0. The van der Waals surface area contributed by atoms with Crippen LogP contribution >= 0.6 is 0 Å². The first kappa shape index (κ1) is 25.1. The van der Waals surface area contributed by atoms with Gasteiger partial charge < -0.3 is 26.7 Å². The van der Waals surface area contributed by atoms with Crippen molar-refractivity contribution in [3.05, 3.63) is 60.2 Å². The second-order valence-corrected chi connectivity index (χ2v) is 10.0. The third kappa shape index (κ3) is 5.97. The second kappa shape index (κ2) is 10.3. The molecule has 1 heterocycles. The molecule has 6 N–H and O–H groups in total. The molecule has 0 bridgehead atoms. The number of para-hydroxylation sites is 1. The van der Waals surface area contributed by atoms with Gasteiger partial charge in [-0.3, -0.25) is 4.79 Å². The fourth-order valence-electron chi connectivity index (χ4n) is 4.43. The van der Waals surface area contributed by atoms with Crippen molar-refractivity contribution in [3.8, 4) is 22.8 Å². The molecule has 9 nitrogen and oxygen atoms in total. The van der Waals surface area contributed by atoms with E-state index in [1.807, 2.05) is 75.4 Å². The van der Waals surface area contributed by atoms with Gasteiger partial charge in [0.15, 0.2) is 0 Å². The fraction of sp³-hybridized carbons (Fsp3) is 0.370. The van der Waals surface area contributed by atoms with E-state index in [-0.39, 0.29) is 35.1 Å². The van der Waals surface area contributed by atoms with Crippen molar-refractivity contribution in [3.63, 3.8) is 0 Å². The maximum Gasteiger partial charge on any atom is 0.282 e. The molecule has 0 atom stereocenters. The first-order valence-electron chi connectivity index (χ1n) is 12.1. The smallest absolute Gasteiger partial charge is 0.282 e. The maximum absolute atomic E-state index is 12.3. The number of amidine groups is 1. The van der Waals surface area contributed by atoms with Gasteiger partial charge in [-0.1, -0.05) is 18.2 Å². The number of nitrogens with two attached hydrogens (primary N) is 3. The Kier molecular flexibility index (Phi) is 7.19. The van der Waals surface area contributed by atoms with E-state index in [9.17, 15) is 4.79 Å². The third-order valence-corrected chi connectivity index (χ3v) is 6.03. The van der Waals surface area contributed by atoms with Gasteiger partial charge >= 0.3 is 0 Å². The third-order valence-electron chi connectivity index (χ3n) is 6.03. The minimum atomic E-state index is -0.608. The fourth-order valence-corrected chi connectivity index (χ4v) is 4.43. The molecule has 1 aliphatic rings. The van der Waals surface area contributed by atoms with E-state index < -0.39 is 5.91 Å². The summed E-state index contributed by atoms with van der Waals surface area (Å²) in [5, 5.41) is 4.74. The molecule has 1 aromatic heterocycles. The van der Waals surface area contributed by atoms with E-state index in [2.05, 4.69) is 4.99 Å². The molecule has 1 saturated carbocycles. The normalized spacial score (nSPS) is 18.6. The average Bonchev–Trinajstić information content (AvgIpc) is 3.17. The molecule has 0 aliphatic heterocycles. The van der Waals surface area contributed by atoms with Crippen LogP contribution in [0.2, 0.25) is 0 Å². The summed E-state index contributed by atoms with van der Waals surface area (Å²) in [7, 11) is 0. The number of carbonyl (C=O) groups excluding carboxylic acids is 1. The highest BCUT2D eigenvalue weighted by Crippen LogP contribution is 2.36. The number of carbonyl (C=O) groups is 1. The van der Waals surface area contributed by atoms with Crippen LogP contribution in [0.1, 0.15) is 62.9 Å². The molecule has 0 spiro atoms. The largest absolute Gasteiger partial charge is 0.460 e. The number of anilines is 1. The lowest BCUT2D eigenvalue weighted by Crippen LogP contribution is -2.31. The highest BCUT2D eigenvalue weighted by molar-refractivity contribution is 6.03. The Bertz CT molecular complexity index is 1220. The molecule has 0 radical (unpaired) electrons. The molecule has 1 amide bonds. The first-order valence-corrected chi connectivity index (χ1v) is 12.1. The molecular weight excluding hydrogens is 456 g/mol. The summed E-state index contributed by atoms with van der Waals surface area (Å²) in [6.07, 6.45) is 3.21. The van der Waals surface area contributed by atoms with Gasteiger partial charge in [-0.15, -0.1) is 0 Å². The SMILES string of the molecule is CC(C)(C)OC(N)=NC1CCC(n2nc(-c3ccc(Oc4ccccc4)cc3)c(C(N)=O)c2N)CC1. The van der Waals surface area contributed by atoms with E-state index in [4.69, 9.17) is 31.8 Å². The monoisotopic (exact) mass is 490 g/mol. The number of nitrogens with zero attached hydrogens (tertiary/aromatic N) is 3. The molecule has 3 aromatic rings. The van der Waals surface area contributed by atoms with E-state index in [1.165, 1.54) is 0 Å². The number of ether oxygens (including phenoxy) is 2. The number of nitrogen functional groups attached to an aromatic ring is 1. The van der Waals surface area contributed by atoms with Crippen molar-refractivity contribution in [1.29, 1.82) is 0 Å². The molecule has 1 fully saturated rings. The molecule has 0 unspecified atom stereocenters. The minimum absolute atomic E-state index is 0.0359. The Hall–Kier alpha value is -4.01. The zero-order valence-electron chi connectivity index (χ0n) is 21.0. The van der Waals surface area contributed by atoms with Crippen LogP contribution in [0.4, 0.5) is 5.82 Å². The van der Waals surface area contributed by atoms with Crippen LogP contribution < -0.4 is 21.9 Å². The Morgan fingerprint density at radius 1 is 0.972 bits per heavy atom. The number of hydrogen-bond acceptors (Lipinski definition) is 6. The van der Waals surface area contributed by atoms with Gasteiger partial charge in [-0.2, -0.15) is 5.10 Å². The predicted octanol–water partition coefficient (Wildman–Crippen LogP) is 4.64. The van der Waals surface area contributed by atoms with E-state index >= 15 is 0 Å². The van der Waals surface area contributed by atoms with E-state index in [0.717, 1.165) is 37.0 Å². The predicted molar refractivity (Wildman–Crippen MR) is 141 cm³/mol. The second-order valence-electron chi connectivity index (χ2n) is 10.0. The lowest BCUT2D eigenvalue weighted by Gasteiger charge is -2.28. The van der Waals surface area contributed by atoms with Gasteiger partial charge in [0.2, 0.25) is 0 Å². The summed E-state index contributed by atoms with van der Waals surface area (Å²) in [6, 6.07) is 17.2. The van der Waals surface area contributed by atoms with Crippen molar-refractivity contribution < 1.29 is 14.3 Å². The van der Waals surface area contributed by atoms with Gasteiger partial charge in [0.1, 0.15) is 34.2 Å². The van der Waals surface area contributed by atoms with Crippen LogP contribution in [0.15, 0.2) is 59.6 Å². The Labute approximate surface area is 211 Å². The number of primary amides is 1. The molecule has 0 saturated heterocycles. The van der Waals surface area contributed by atoms with Gasteiger partial charge in [0.25, 0.3) is 11.9 Å². The van der Waals surface area contributed by atoms with Crippen LogP contribution in [0.3, 0.4) is 0 Å². The summed E-state index contributed by atoms with van der Waals surface area (Å²) < 4.78 is 13.2. The Morgan fingerprint density at radius 3 is 2.17 bits per heavy atom. The van der Waals surface area contributed by atoms with Crippen molar-refractivity contribution in [2.45, 2.75) is 64.1 Å². The number of benzene rings is 2. The van der Waals surface area contributed by atoms with Crippen molar-refractivity contribution in [2.75, 3.05) is 5.73 Å². The maximum atomic E-state index is 12.3. The van der Waals surface area contributed by atoms with Crippen LogP contribution in [0, 0.1) is 0 Å². The lowest BCUT2D eigenvalue weighted by molar-refractivity contribution is 0.100. The summed E-state index contributed by atoms with van der Waals surface area (Å²) in [6.45, 7) is 5.81. The van der Waals surface area contributed by atoms with E-state index in [0.29, 0.717) is 11.4 Å².